The van der Waals surface area contributed by atoms with Crippen molar-refractivity contribution in [3.05, 3.63) is 81.2 Å². The van der Waals surface area contributed by atoms with Crippen LogP contribution in [0.1, 0.15) is 11.1 Å². The first kappa shape index (κ1) is 18.5. The normalized spacial score (nSPS) is 11.0. The third kappa shape index (κ3) is 3.58. The molecular weight excluding hydrogens is 396 g/mol. The van der Waals surface area contributed by atoms with Crippen molar-refractivity contribution < 1.29 is 4.74 Å². The lowest BCUT2D eigenvalue weighted by Gasteiger charge is -2.11. The van der Waals surface area contributed by atoms with Gasteiger partial charge >= 0.3 is 5.69 Å². The van der Waals surface area contributed by atoms with E-state index in [0.717, 1.165) is 26.6 Å². The number of aromatic nitrogens is 4. The van der Waals surface area contributed by atoms with Gasteiger partial charge in [0.25, 0.3) is 0 Å². The number of tetrazole rings is 1. The fourth-order valence-corrected chi connectivity index (χ4v) is 3.83. The summed E-state index contributed by atoms with van der Waals surface area (Å²) >= 11 is 7.52. The van der Waals surface area contributed by atoms with Gasteiger partial charge in [-0.25, -0.2) is 4.79 Å². The molecule has 0 N–H and O–H groups in total. The van der Waals surface area contributed by atoms with E-state index in [1.165, 1.54) is 9.36 Å². The van der Waals surface area contributed by atoms with E-state index in [4.69, 9.17) is 16.3 Å². The molecule has 4 aromatic rings. The van der Waals surface area contributed by atoms with Gasteiger partial charge in [-0.05, 0) is 58.8 Å². The molecule has 0 unspecified atom stereocenters. The van der Waals surface area contributed by atoms with E-state index in [1.807, 2.05) is 61.5 Å². The summed E-state index contributed by atoms with van der Waals surface area (Å²) in [7, 11) is 1.57. The Hall–Kier alpha value is -2.90. The van der Waals surface area contributed by atoms with Gasteiger partial charge in [0.05, 0.1) is 5.69 Å². The second-order valence-electron chi connectivity index (χ2n) is 6.28. The van der Waals surface area contributed by atoms with Gasteiger partial charge in [-0.2, -0.15) is 9.36 Å². The summed E-state index contributed by atoms with van der Waals surface area (Å²) in [6.07, 6.45) is 0. The summed E-state index contributed by atoms with van der Waals surface area (Å²) in [6.45, 7) is 2.31. The number of hydrogen-bond acceptors (Lipinski definition) is 5. The fraction of sp³-hybridized carbons (Fsp3) is 0.150. The molecule has 0 aliphatic rings. The molecule has 0 aliphatic carbocycles. The van der Waals surface area contributed by atoms with Crippen molar-refractivity contribution in [1.29, 1.82) is 0 Å². The number of benzene rings is 2. The molecule has 2 heterocycles. The Bertz CT molecular complexity index is 1180. The largest absolute Gasteiger partial charge is 0.479 e. The van der Waals surface area contributed by atoms with Crippen molar-refractivity contribution in [3.8, 4) is 21.2 Å². The Morgan fingerprint density at radius 2 is 1.86 bits per heavy atom. The van der Waals surface area contributed by atoms with Gasteiger partial charge in [0.2, 0.25) is 0 Å². The summed E-state index contributed by atoms with van der Waals surface area (Å²) in [4.78, 5) is 13.3. The highest BCUT2D eigenvalue weighted by atomic mass is 35.5. The van der Waals surface area contributed by atoms with Crippen molar-refractivity contribution >= 4 is 22.9 Å². The van der Waals surface area contributed by atoms with Gasteiger partial charge in [0, 0.05) is 22.5 Å². The Morgan fingerprint density at radius 3 is 2.57 bits per heavy atom. The van der Waals surface area contributed by atoms with Crippen LogP contribution in [0.15, 0.2) is 59.4 Å². The van der Waals surface area contributed by atoms with Crippen molar-refractivity contribution in [1.82, 2.24) is 19.8 Å². The first-order chi connectivity index (χ1) is 13.5. The average Bonchev–Trinajstić information content (AvgIpc) is 3.29. The summed E-state index contributed by atoms with van der Waals surface area (Å²) in [5, 5.41) is 9.25. The molecule has 0 radical (unpaired) electrons. The highest BCUT2D eigenvalue weighted by molar-refractivity contribution is 7.17. The molecule has 28 heavy (non-hydrogen) atoms. The van der Waals surface area contributed by atoms with Crippen LogP contribution in [0.2, 0.25) is 5.02 Å². The number of nitrogens with zero attached hydrogens (tertiary/aromatic N) is 4. The smallest absolute Gasteiger partial charge is 0.368 e. The lowest BCUT2D eigenvalue weighted by Crippen LogP contribution is -2.23. The number of thiophene rings is 1. The third-order valence-corrected chi connectivity index (χ3v) is 5.70. The van der Waals surface area contributed by atoms with Gasteiger partial charge in [-0.3, -0.25) is 0 Å². The van der Waals surface area contributed by atoms with E-state index in [1.54, 1.807) is 18.4 Å². The molecule has 8 heteroatoms. The molecule has 0 fully saturated rings. The van der Waals surface area contributed by atoms with Crippen LogP contribution in [0.3, 0.4) is 0 Å². The standard InChI is InChI=1S/C20H17ClN4O2S/c1-13-4-3-5-17(25-20(26)24(2)22-23-25)16(13)12-27-19-11-10-18(28-19)14-6-8-15(21)9-7-14/h3-11H,12H2,1-2H3. The quantitative estimate of drug-likeness (QED) is 0.492. The predicted octanol–water partition coefficient (Wildman–Crippen LogP) is 4.24. The minimum absolute atomic E-state index is 0.298. The molecule has 0 amide bonds. The summed E-state index contributed by atoms with van der Waals surface area (Å²) in [6, 6.07) is 17.4. The maximum absolute atomic E-state index is 12.2. The lowest BCUT2D eigenvalue weighted by atomic mass is 10.1. The van der Waals surface area contributed by atoms with Crippen LogP contribution in [-0.4, -0.2) is 19.8 Å². The van der Waals surface area contributed by atoms with Crippen molar-refractivity contribution in [2.45, 2.75) is 13.5 Å². The Morgan fingerprint density at radius 1 is 1.07 bits per heavy atom. The predicted molar refractivity (Wildman–Crippen MR) is 110 cm³/mol. The van der Waals surface area contributed by atoms with E-state index in [9.17, 15) is 4.79 Å². The third-order valence-electron chi connectivity index (χ3n) is 4.40. The van der Waals surface area contributed by atoms with Crippen molar-refractivity contribution in [2.24, 2.45) is 7.05 Å². The molecule has 0 atom stereocenters. The number of hydrogen-bond donors (Lipinski definition) is 0. The molecule has 142 valence electrons. The molecule has 0 spiro atoms. The molecule has 0 saturated heterocycles. The first-order valence-electron chi connectivity index (χ1n) is 8.59. The van der Waals surface area contributed by atoms with Crippen LogP contribution in [-0.2, 0) is 13.7 Å². The number of aryl methyl sites for hydroxylation is 2. The maximum Gasteiger partial charge on any atom is 0.368 e. The van der Waals surface area contributed by atoms with E-state index in [-0.39, 0.29) is 5.69 Å². The molecule has 0 bridgehead atoms. The lowest BCUT2D eigenvalue weighted by molar-refractivity contribution is 0.314. The topological polar surface area (TPSA) is 61.9 Å². The van der Waals surface area contributed by atoms with Gasteiger partial charge in [-0.15, -0.1) is 0 Å². The maximum atomic E-state index is 12.2. The molecule has 4 rings (SSSR count). The zero-order valence-electron chi connectivity index (χ0n) is 15.3. The average molecular weight is 413 g/mol. The SMILES string of the molecule is Cc1cccc(-n2nnn(C)c2=O)c1COc1ccc(-c2ccc(Cl)cc2)s1. The number of halogens is 1. The summed E-state index contributed by atoms with van der Waals surface area (Å²) in [5.41, 5.74) is 3.38. The van der Waals surface area contributed by atoms with Crippen LogP contribution in [0.4, 0.5) is 0 Å². The van der Waals surface area contributed by atoms with Gasteiger partial charge in [0.1, 0.15) is 6.61 Å². The van der Waals surface area contributed by atoms with E-state index in [0.29, 0.717) is 17.3 Å². The minimum Gasteiger partial charge on any atom is -0.479 e. The second-order valence-corrected chi connectivity index (χ2v) is 7.77. The van der Waals surface area contributed by atoms with E-state index >= 15 is 0 Å². The molecule has 2 aromatic carbocycles. The Labute approximate surface area is 170 Å². The fourth-order valence-electron chi connectivity index (χ4n) is 2.85. The van der Waals surface area contributed by atoms with Crippen LogP contribution in [0.5, 0.6) is 5.06 Å². The molecule has 0 aliphatic heterocycles. The van der Waals surface area contributed by atoms with Crippen LogP contribution in [0.25, 0.3) is 16.1 Å². The highest BCUT2D eigenvalue weighted by Gasteiger charge is 2.14. The van der Waals surface area contributed by atoms with Gasteiger partial charge < -0.3 is 4.74 Å². The number of ether oxygens (including phenoxy) is 1. The monoisotopic (exact) mass is 412 g/mol. The van der Waals surface area contributed by atoms with Crippen molar-refractivity contribution in [3.63, 3.8) is 0 Å². The van der Waals surface area contributed by atoms with Crippen LogP contribution >= 0.6 is 22.9 Å². The van der Waals surface area contributed by atoms with Gasteiger partial charge in [0.15, 0.2) is 5.06 Å². The zero-order chi connectivity index (χ0) is 19.7. The van der Waals surface area contributed by atoms with Crippen LogP contribution < -0.4 is 10.4 Å². The van der Waals surface area contributed by atoms with E-state index < -0.39 is 0 Å². The first-order valence-corrected chi connectivity index (χ1v) is 9.79. The summed E-state index contributed by atoms with van der Waals surface area (Å²) < 4.78 is 8.52. The highest BCUT2D eigenvalue weighted by Crippen LogP contribution is 2.34. The Kier molecular flexibility index (Phi) is 5.02. The van der Waals surface area contributed by atoms with Crippen molar-refractivity contribution in [2.75, 3.05) is 0 Å². The summed E-state index contributed by atoms with van der Waals surface area (Å²) in [5.74, 6) is 0. The Balaban J connectivity index is 1.58. The second kappa shape index (κ2) is 7.61. The number of rotatable bonds is 5. The minimum atomic E-state index is -0.298. The van der Waals surface area contributed by atoms with E-state index in [2.05, 4.69) is 10.4 Å². The van der Waals surface area contributed by atoms with Crippen LogP contribution in [0, 0.1) is 6.92 Å². The molecular formula is C20H17ClN4O2S. The molecule has 6 nitrogen and oxygen atoms in total. The molecule has 0 saturated carbocycles. The molecule has 2 aromatic heterocycles. The zero-order valence-corrected chi connectivity index (χ0v) is 16.9. The van der Waals surface area contributed by atoms with Gasteiger partial charge in [-0.1, -0.05) is 47.2 Å².